The van der Waals surface area contributed by atoms with Gasteiger partial charge < -0.3 is 34.4 Å². The van der Waals surface area contributed by atoms with E-state index in [2.05, 4.69) is 24.4 Å². The van der Waals surface area contributed by atoms with Gasteiger partial charge in [0.2, 0.25) is 0 Å². The number of ether oxygens (including phenoxy) is 2. The number of benzene rings is 2. The number of aromatic hydroxyl groups is 1. The van der Waals surface area contributed by atoms with Gasteiger partial charge in [-0.25, -0.2) is 0 Å². The van der Waals surface area contributed by atoms with Crippen molar-refractivity contribution in [1.82, 2.24) is 5.32 Å². The summed E-state index contributed by atoms with van der Waals surface area (Å²) in [6.45, 7) is 7.38. The molecule has 0 radical (unpaired) electrons. The maximum absolute atomic E-state index is 12.0. The van der Waals surface area contributed by atoms with Crippen LogP contribution in [0.4, 0.5) is 0 Å². The van der Waals surface area contributed by atoms with Crippen LogP contribution in [0.5, 0.6) is 5.75 Å². The summed E-state index contributed by atoms with van der Waals surface area (Å²) in [5, 5.41) is 45.4. The van der Waals surface area contributed by atoms with Crippen molar-refractivity contribution in [2.45, 2.75) is 88.9 Å². The Morgan fingerprint density at radius 2 is 1.79 bits per heavy atom. The normalized spacial score (nSPS) is 26.8. The molecule has 2 aromatic carbocycles. The fraction of sp³-hybridized carbons (Fsp3) is 0.657. The summed E-state index contributed by atoms with van der Waals surface area (Å²) in [6, 6.07) is 15.0. The molecule has 4 fully saturated rings. The molecule has 0 amide bonds. The molecule has 3 heterocycles. The number of hydrogen-bond donors (Lipinski definition) is 5. The number of nitrogens with one attached hydrogen (secondary N) is 1. The molecular formula is C35H53N2O6+. The highest BCUT2D eigenvalue weighted by molar-refractivity contribution is 5.36. The molecule has 5 N–H and O–H groups in total. The Morgan fingerprint density at radius 3 is 2.49 bits per heavy atom. The molecule has 238 valence electrons. The zero-order chi connectivity index (χ0) is 30.3. The number of fused-ring (bicyclic) bond motifs is 3. The van der Waals surface area contributed by atoms with E-state index in [9.17, 15) is 20.4 Å². The predicted molar refractivity (Wildman–Crippen MR) is 166 cm³/mol. The lowest BCUT2D eigenvalue weighted by Gasteiger charge is -2.53. The minimum Gasteiger partial charge on any atom is -0.508 e. The van der Waals surface area contributed by atoms with Crippen LogP contribution >= 0.6 is 0 Å². The first-order valence-electron chi connectivity index (χ1n) is 16.6. The predicted octanol–water partition coefficient (Wildman–Crippen LogP) is 4.35. The molecule has 0 aromatic heterocycles. The Labute approximate surface area is 257 Å². The molecule has 0 spiro atoms. The third-order valence-electron chi connectivity index (χ3n) is 10.5. The lowest BCUT2D eigenvalue weighted by molar-refractivity contribution is -0.946. The Hall–Kier alpha value is -2.04. The van der Waals surface area contributed by atoms with Crippen molar-refractivity contribution in [2.75, 3.05) is 45.9 Å². The summed E-state index contributed by atoms with van der Waals surface area (Å²) in [5.74, 6) is 0.841. The van der Waals surface area contributed by atoms with Gasteiger partial charge in [0.25, 0.3) is 0 Å². The van der Waals surface area contributed by atoms with Gasteiger partial charge >= 0.3 is 0 Å². The van der Waals surface area contributed by atoms with Crippen LogP contribution in [-0.4, -0.2) is 83.2 Å². The van der Waals surface area contributed by atoms with Crippen molar-refractivity contribution < 1.29 is 34.4 Å². The van der Waals surface area contributed by atoms with Crippen molar-refractivity contribution in [3.8, 4) is 5.75 Å². The highest BCUT2D eigenvalue weighted by atomic mass is 16.5. The summed E-state index contributed by atoms with van der Waals surface area (Å²) in [4.78, 5) is 0. The molecule has 43 heavy (non-hydrogen) atoms. The highest BCUT2D eigenvalue weighted by Gasteiger charge is 2.48. The van der Waals surface area contributed by atoms with Crippen LogP contribution in [0.3, 0.4) is 0 Å². The fourth-order valence-corrected chi connectivity index (χ4v) is 7.72. The third kappa shape index (κ3) is 7.79. The van der Waals surface area contributed by atoms with Gasteiger partial charge in [0.1, 0.15) is 36.8 Å². The number of nitrogens with zero attached hydrogens (tertiary/aromatic N) is 1. The van der Waals surface area contributed by atoms with Crippen LogP contribution in [-0.2, 0) is 21.7 Å². The first kappa shape index (κ1) is 32.4. The Bertz CT molecular complexity index is 1130. The fourth-order valence-electron chi connectivity index (χ4n) is 7.72. The maximum Gasteiger partial charge on any atom is 0.121 e. The molecule has 6 rings (SSSR count). The Kier molecular flexibility index (Phi) is 11.2. The van der Waals surface area contributed by atoms with E-state index in [0.29, 0.717) is 36.8 Å². The maximum atomic E-state index is 12.0. The van der Waals surface area contributed by atoms with Crippen LogP contribution in [0.15, 0.2) is 48.5 Å². The van der Waals surface area contributed by atoms with E-state index >= 15 is 0 Å². The van der Waals surface area contributed by atoms with Gasteiger partial charge in [-0.2, -0.15) is 0 Å². The van der Waals surface area contributed by atoms with E-state index in [0.717, 1.165) is 74.8 Å². The number of aliphatic hydroxyl groups excluding tert-OH is 2. The second-order valence-electron chi connectivity index (χ2n) is 13.3. The molecule has 3 saturated heterocycles. The van der Waals surface area contributed by atoms with Crippen molar-refractivity contribution >= 4 is 0 Å². The SMILES string of the molecule is CCCC(NC[C@H](O)c1ccc(O)c(CO)c1)OCC[N+]12CCC(CC1)[C@@H](OCC(O)(c1ccccc1)C1CCCC1)C2. The van der Waals surface area contributed by atoms with Crippen LogP contribution in [0.1, 0.15) is 81.1 Å². The van der Waals surface area contributed by atoms with Gasteiger partial charge in [0, 0.05) is 30.9 Å². The van der Waals surface area contributed by atoms with Gasteiger partial charge in [-0.1, -0.05) is 62.6 Å². The topological polar surface area (TPSA) is 111 Å². The van der Waals surface area contributed by atoms with E-state index < -0.39 is 11.7 Å². The summed E-state index contributed by atoms with van der Waals surface area (Å²) in [7, 11) is 0. The molecule has 1 aliphatic carbocycles. The molecule has 8 nitrogen and oxygen atoms in total. The molecule has 4 atom stereocenters. The summed E-state index contributed by atoms with van der Waals surface area (Å²) >= 11 is 0. The minimum atomic E-state index is -0.929. The zero-order valence-corrected chi connectivity index (χ0v) is 25.9. The molecular weight excluding hydrogens is 544 g/mol. The molecule has 1 saturated carbocycles. The van der Waals surface area contributed by atoms with Crippen molar-refractivity contribution in [1.29, 1.82) is 0 Å². The van der Waals surface area contributed by atoms with Crippen LogP contribution in [0, 0.1) is 11.8 Å². The lowest BCUT2D eigenvalue weighted by Crippen LogP contribution is -2.65. The number of aliphatic hydroxyl groups is 3. The number of phenols is 1. The van der Waals surface area contributed by atoms with Crippen LogP contribution < -0.4 is 5.32 Å². The molecule has 2 aromatic rings. The molecule has 2 bridgehead atoms. The van der Waals surface area contributed by atoms with Gasteiger partial charge in [-0.05, 0) is 48.4 Å². The lowest BCUT2D eigenvalue weighted by atomic mass is 9.80. The van der Waals surface area contributed by atoms with E-state index in [-0.39, 0.29) is 30.6 Å². The molecule has 4 aliphatic rings. The average molecular weight is 598 g/mol. The largest absolute Gasteiger partial charge is 0.508 e. The first-order valence-corrected chi connectivity index (χ1v) is 16.6. The Morgan fingerprint density at radius 1 is 1.05 bits per heavy atom. The molecule has 2 unspecified atom stereocenters. The standard InChI is InChI=1S/C35H52N2O6/c1-2-8-34(36-22-32(40)27-13-14-31(39)28(21-27)24-38)42-20-19-37-17-15-26(16-18-37)33(23-37)43-25-35(41,30-11-6-7-12-30)29-9-4-3-5-10-29/h3-5,9-10,13-14,21,26,30,32-34,36,38,40-41H,2,6-8,11-12,15-20,22-25H2,1H3/p+1/t26?,32-,33-,34?,35?,37?/m0/s1. The number of piperidine rings is 3. The van der Waals surface area contributed by atoms with Gasteiger partial charge in [-0.15, -0.1) is 0 Å². The second kappa shape index (κ2) is 14.8. The monoisotopic (exact) mass is 597 g/mol. The molecule has 3 aliphatic heterocycles. The van der Waals surface area contributed by atoms with Crippen LogP contribution in [0.25, 0.3) is 0 Å². The van der Waals surface area contributed by atoms with E-state index in [1.54, 1.807) is 12.1 Å². The summed E-state index contributed by atoms with van der Waals surface area (Å²) < 4.78 is 14.1. The van der Waals surface area contributed by atoms with E-state index in [4.69, 9.17) is 9.47 Å². The van der Waals surface area contributed by atoms with Gasteiger partial charge in [0.15, 0.2) is 0 Å². The highest BCUT2D eigenvalue weighted by Crippen LogP contribution is 2.42. The number of hydrogen-bond acceptors (Lipinski definition) is 7. The second-order valence-corrected chi connectivity index (χ2v) is 13.3. The van der Waals surface area contributed by atoms with Crippen molar-refractivity contribution in [3.05, 3.63) is 65.2 Å². The number of quaternary nitrogens is 1. The van der Waals surface area contributed by atoms with E-state index in [1.807, 2.05) is 18.2 Å². The van der Waals surface area contributed by atoms with Crippen molar-refractivity contribution in [3.63, 3.8) is 0 Å². The smallest absolute Gasteiger partial charge is 0.121 e. The zero-order valence-electron chi connectivity index (χ0n) is 25.9. The molecule has 8 heteroatoms. The third-order valence-corrected chi connectivity index (χ3v) is 10.5. The first-order chi connectivity index (χ1) is 20.9. The van der Waals surface area contributed by atoms with Gasteiger partial charge in [-0.3, -0.25) is 5.32 Å². The van der Waals surface area contributed by atoms with Crippen molar-refractivity contribution in [2.24, 2.45) is 11.8 Å². The Balaban J connectivity index is 1.13. The quantitative estimate of drug-likeness (QED) is 0.145. The van der Waals surface area contributed by atoms with E-state index in [1.165, 1.54) is 18.9 Å². The number of rotatable bonds is 16. The van der Waals surface area contributed by atoms with Gasteiger partial charge in [0.05, 0.1) is 39.0 Å². The summed E-state index contributed by atoms with van der Waals surface area (Å²) in [6.07, 6.45) is 7.83. The summed E-state index contributed by atoms with van der Waals surface area (Å²) in [5.41, 5.74) is 1.11. The van der Waals surface area contributed by atoms with Crippen LogP contribution in [0.2, 0.25) is 0 Å². The minimum absolute atomic E-state index is 0.0289. The average Bonchev–Trinajstić information content (AvgIpc) is 3.59.